The number of carbonyl (C=O) groups is 1. The second-order valence-corrected chi connectivity index (χ2v) is 4.33. The highest BCUT2D eigenvalue weighted by Crippen LogP contribution is 2.16. The van der Waals surface area contributed by atoms with Gasteiger partial charge in [-0.1, -0.05) is 20.8 Å². The fourth-order valence-corrected chi connectivity index (χ4v) is 1.65. The first-order valence-electron chi connectivity index (χ1n) is 5.46. The van der Waals surface area contributed by atoms with Crippen LogP contribution >= 0.6 is 0 Å². The van der Waals surface area contributed by atoms with Crippen molar-refractivity contribution in [2.45, 2.75) is 33.6 Å². The topological polar surface area (TPSA) is 45.8 Å². The summed E-state index contributed by atoms with van der Waals surface area (Å²) in [5.41, 5.74) is 0.548. The molecular weight excluding hydrogens is 188 g/mol. The molecule has 1 radical (unpaired) electrons. The van der Waals surface area contributed by atoms with Crippen LogP contribution in [0.5, 0.6) is 0 Å². The molecule has 0 fully saturated rings. The summed E-state index contributed by atoms with van der Waals surface area (Å²) in [5, 5.41) is 0. The van der Waals surface area contributed by atoms with E-state index in [0.717, 1.165) is 6.42 Å². The number of aromatic nitrogens is 2. The van der Waals surface area contributed by atoms with E-state index in [1.807, 2.05) is 0 Å². The average Bonchev–Trinajstić information content (AvgIpc) is 2.65. The zero-order valence-corrected chi connectivity index (χ0v) is 9.66. The van der Waals surface area contributed by atoms with Gasteiger partial charge in [-0.2, -0.15) is 0 Å². The molecule has 0 saturated carbocycles. The summed E-state index contributed by atoms with van der Waals surface area (Å²) in [6.07, 6.45) is 6.95. The number of nitrogens with one attached hydrogen (secondary N) is 1. The molecule has 0 aliphatic carbocycles. The quantitative estimate of drug-likeness (QED) is 0.729. The van der Waals surface area contributed by atoms with Gasteiger partial charge in [-0.05, 0) is 24.7 Å². The van der Waals surface area contributed by atoms with Gasteiger partial charge in [0.1, 0.15) is 5.69 Å². The van der Waals surface area contributed by atoms with E-state index in [-0.39, 0.29) is 5.78 Å². The molecule has 0 aromatic carbocycles. The Balaban J connectivity index is 2.28. The Morgan fingerprint density at radius 1 is 1.53 bits per heavy atom. The summed E-state index contributed by atoms with van der Waals surface area (Å²) < 4.78 is 0. The van der Waals surface area contributed by atoms with E-state index in [1.54, 1.807) is 6.20 Å². The molecule has 0 spiro atoms. The average molecular weight is 207 g/mol. The highest BCUT2D eigenvalue weighted by atomic mass is 16.1. The summed E-state index contributed by atoms with van der Waals surface area (Å²) >= 11 is 0. The Hall–Kier alpha value is -1.12. The maximum atomic E-state index is 11.6. The Bertz CT molecular complexity index is 291. The first kappa shape index (κ1) is 12.0. The Morgan fingerprint density at radius 3 is 2.80 bits per heavy atom. The molecule has 1 aromatic heterocycles. The van der Waals surface area contributed by atoms with Gasteiger partial charge in [0.05, 0.1) is 6.33 Å². The second-order valence-electron chi connectivity index (χ2n) is 4.33. The van der Waals surface area contributed by atoms with Crippen molar-refractivity contribution in [3.63, 3.8) is 0 Å². The third kappa shape index (κ3) is 4.28. The molecule has 0 amide bonds. The number of ketones is 1. The van der Waals surface area contributed by atoms with Crippen LogP contribution in [0, 0.1) is 18.3 Å². The number of aromatic amines is 1. The maximum Gasteiger partial charge on any atom is 0.182 e. The number of hydrogen-bond donors (Lipinski definition) is 1. The fourth-order valence-electron chi connectivity index (χ4n) is 1.65. The molecule has 3 nitrogen and oxygen atoms in total. The molecule has 83 valence electrons. The van der Waals surface area contributed by atoms with Gasteiger partial charge in [0.15, 0.2) is 5.78 Å². The molecule has 0 aliphatic rings. The lowest BCUT2D eigenvalue weighted by atomic mass is 9.93. The van der Waals surface area contributed by atoms with Crippen molar-refractivity contribution < 1.29 is 4.79 Å². The van der Waals surface area contributed by atoms with Crippen LogP contribution in [0.15, 0.2) is 12.5 Å². The van der Waals surface area contributed by atoms with Crippen LogP contribution in [0.4, 0.5) is 0 Å². The number of rotatable bonds is 6. The maximum absolute atomic E-state index is 11.6. The molecule has 1 heterocycles. The monoisotopic (exact) mass is 207 g/mol. The molecule has 15 heavy (non-hydrogen) atoms. The van der Waals surface area contributed by atoms with E-state index in [4.69, 9.17) is 0 Å². The van der Waals surface area contributed by atoms with Crippen LogP contribution in [0.1, 0.15) is 44.1 Å². The number of nitrogens with zero attached hydrogens (tertiary/aromatic N) is 1. The van der Waals surface area contributed by atoms with Crippen molar-refractivity contribution in [2.75, 3.05) is 0 Å². The molecule has 1 unspecified atom stereocenters. The summed E-state index contributed by atoms with van der Waals surface area (Å²) in [6.45, 7) is 6.47. The number of H-pyrrole nitrogens is 1. The predicted octanol–water partition coefficient (Wildman–Crippen LogP) is 2.87. The summed E-state index contributed by atoms with van der Waals surface area (Å²) in [6, 6.07) is 0. The third-order valence-electron chi connectivity index (χ3n) is 2.32. The van der Waals surface area contributed by atoms with E-state index in [9.17, 15) is 4.79 Å². The molecule has 3 heteroatoms. The van der Waals surface area contributed by atoms with Crippen molar-refractivity contribution in [3.05, 3.63) is 24.6 Å². The standard InChI is InChI=1S/C12H19N2O/c1-9(2)6-10(3)4-5-12(15)11-7-13-8-14-11/h6-10H,4-5H2,1-3H3,(H,13,14). The highest BCUT2D eigenvalue weighted by molar-refractivity contribution is 5.93. The van der Waals surface area contributed by atoms with Gasteiger partial charge >= 0.3 is 0 Å². The van der Waals surface area contributed by atoms with Gasteiger partial charge in [0.2, 0.25) is 0 Å². The number of carbonyl (C=O) groups excluding carboxylic acids is 1. The lowest BCUT2D eigenvalue weighted by Gasteiger charge is -2.12. The van der Waals surface area contributed by atoms with Crippen molar-refractivity contribution >= 4 is 5.78 Å². The Kier molecular flexibility index (Phi) is 4.53. The van der Waals surface area contributed by atoms with Crippen molar-refractivity contribution in [2.24, 2.45) is 11.8 Å². The minimum Gasteiger partial charge on any atom is -0.350 e. The first-order chi connectivity index (χ1) is 7.09. The smallest absolute Gasteiger partial charge is 0.182 e. The van der Waals surface area contributed by atoms with Gasteiger partial charge in [0.25, 0.3) is 0 Å². The molecule has 0 bridgehead atoms. The normalized spacial score (nSPS) is 13.1. The minimum absolute atomic E-state index is 0.125. The predicted molar refractivity (Wildman–Crippen MR) is 60.5 cm³/mol. The van der Waals surface area contributed by atoms with Crippen molar-refractivity contribution in [1.82, 2.24) is 9.97 Å². The zero-order chi connectivity index (χ0) is 11.3. The highest BCUT2D eigenvalue weighted by Gasteiger charge is 2.11. The Labute approximate surface area is 91.3 Å². The molecule has 0 aliphatic heterocycles. The molecule has 1 N–H and O–H groups in total. The summed E-state index contributed by atoms with van der Waals surface area (Å²) in [4.78, 5) is 18.3. The van der Waals surface area contributed by atoms with Gasteiger partial charge in [-0.3, -0.25) is 4.79 Å². The zero-order valence-electron chi connectivity index (χ0n) is 9.66. The van der Waals surface area contributed by atoms with Gasteiger partial charge in [0, 0.05) is 12.6 Å². The van der Waals surface area contributed by atoms with Gasteiger partial charge in [-0.15, -0.1) is 0 Å². The van der Waals surface area contributed by atoms with Crippen LogP contribution in [0.25, 0.3) is 0 Å². The van der Waals surface area contributed by atoms with Crippen molar-refractivity contribution in [3.8, 4) is 0 Å². The van der Waals surface area contributed by atoms with Crippen LogP contribution < -0.4 is 0 Å². The summed E-state index contributed by atoms with van der Waals surface area (Å²) in [7, 11) is 0. The molecule has 0 saturated heterocycles. The van der Waals surface area contributed by atoms with Gasteiger partial charge in [-0.25, -0.2) is 4.98 Å². The van der Waals surface area contributed by atoms with Gasteiger partial charge < -0.3 is 4.98 Å². The molecule has 1 aromatic rings. The van der Waals surface area contributed by atoms with Crippen LogP contribution in [0.3, 0.4) is 0 Å². The first-order valence-corrected chi connectivity index (χ1v) is 5.46. The minimum atomic E-state index is 0.125. The molecule has 1 rings (SSSR count). The Morgan fingerprint density at radius 2 is 2.27 bits per heavy atom. The lowest BCUT2D eigenvalue weighted by Crippen LogP contribution is -2.06. The second kappa shape index (κ2) is 5.69. The van der Waals surface area contributed by atoms with E-state index in [0.29, 0.717) is 24.0 Å². The van der Waals surface area contributed by atoms with E-state index >= 15 is 0 Å². The van der Waals surface area contributed by atoms with E-state index in [1.165, 1.54) is 6.33 Å². The number of Topliss-reactive ketones (excluding diaryl/α,β-unsaturated/α-hetero) is 1. The third-order valence-corrected chi connectivity index (χ3v) is 2.32. The lowest BCUT2D eigenvalue weighted by molar-refractivity contribution is 0.0971. The fraction of sp³-hybridized carbons (Fsp3) is 0.583. The largest absolute Gasteiger partial charge is 0.350 e. The van der Waals surface area contributed by atoms with E-state index < -0.39 is 0 Å². The SMILES string of the molecule is CC(C)[CH]C(C)CCC(=O)c1c[nH]cn1. The van der Waals surface area contributed by atoms with Crippen LogP contribution in [0.2, 0.25) is 0 Å². The van der Waals surface area contributed by atoms with E-state index in [2.05, 4.69) is 37.2 Å². The molecular formula is C12H19N2O. The molecule has 1 atom stereocenters. The van der Waals surface area contributed by atoms with Crippen LogP contribution in [-0.4, -0.2) is 15.8 Å². The number of hydrogen-bond acceptors (Lipinski definition) is 2. The van der Waals surface area contributed by atoms with Crippen LogP contribution in [-0.2, 0) is 0 Å². The van der Waals surface area contributed by atoms with Crippen molar-refractivity contribution in [1.29, 1.82) is 0 Å². The summed E-state index contributed by atoms with van der Waals surface area (Å²) in [5.74, 6) is 1.20. The number of imidazole rings is 1.